The molecule has 3 aromatic heterocycles. The highest BCUT2D eigenvalue weighted by Gasteiger charge is 2.42. The number of rotatable bonds is 5. The Bertz CT molecular complexity index is 1920. The van der Waals surface area contributed by atoms with Gasteiger partial charge in [0.1, 0.15) is 12.1 Å². The van der Waals surface area contributed by atoms with E-state index in [1.807, 2.05) is 35.7 Å². The molecular weight excluding hydrogens is 580 g/mol. The number of hydrogen-bond acceptors (Lipinski definition) is 6. The third kappa shape index (κ3) is 5.03. The predicted octanol–water partition coefficient (Wildman–Crippen LogP) is 7.67. The Morgan fingerprint density at radius 2 is 1.71 bits per heavy atom. The summed E-state index contributed by atoms with van der Waals surface area (Å²) in [5.41, 5.74) is 1.84. The van der Waals surface area contributed by atoms with Crippen LogP contribution < -0.4 is 5.32 Å². The lowest BCUT2D eigenvalue weighted by molar-refractivity contribution is -0.143. The van der Waals surface area contributed by atoms with Gasteiger partial charge in [-0.3, -0.25) is 4.79 Å². The number of aromatic nitrogens is 5. The fourth-order valence-corrected chi connectivity index (χ4v) is 5.36. The number of carbonyl (C=O) groups is 1. The van der Waals surface area contributed by atoms with Crippen LogP contribution in [0.4, 0.5) is 23.2 Å². The highest BCUT2D eigenvalue weighted by molar-refractivity contribution is 7.17. The summed E-state index contributed by atoms with van der Waals surface area (Å²) in [6.07, 6.45) is -3.49. The topological polar surface area (TPSA) is 85.6 Å². The van der Waals surface area contributed by atoms with Crippen LogP contribution in [0, 0.1) is 5.82 Å². The minimum Gasteiger partial charge on any atom is -0.321 e. The second-order valence-electron chi connectivity index (χ2n) is 8.73. The van der Waals surface area contributed by atoms with Crippen molar-refractivity contribution in [2.45, 2.75) is 6.18 Å². The Balaban J connectivity index is 1.30. The number of thiophene rings is 1. The molecular formula is C28H15ClF4N6OS. The predicted molar refractivity (Wildman–Crippen MR) is 148 cm³/mol. The second kappa shape index (κ2) is 10.4. The van der Waals surface area contributed by atoms with E-state index in [2.05, 4.69) is 25.6 Å². The van der Waals surface area contributed by atoms with Crippen molar-refractivity contribution >= 4 is 44.7 Å². The van der Waals surface area contributed by atoms with Gasteiger partial charge in [-0.25, -0.2) is 19.0 Å². The van der Waals surface area contributed by atoms with Gasteiger partial charge in [-0.2, -0.15) is 13.2 Å². The third-order valence-electron chi connectivity index (χ3n) is 6.18. The SMILES string of the molecule is O=C(Nc1ccc(-c2ccccc2-c2ncnc3ccsc23)cc1)c1nnn(-c2ccc(F)c(Cl)c2)c1C(F)(F)F. The van der Waals surface area contributed by atoms with Gasteiger partial charge >= 0.3 is 6.18 Å². The average Bonchev–Trinajstić information content (AvgIpc) is 3.63. The van der Waals surface area contributed by atoms with Crippen molar-refractivity contribution in [2.24, 2.45) is 0 Å². The van der Waals surface area contributed by atoms with Gasteiger partial charge in [0.15, 0.2) is 11.4 Å². The lowest BCUT2D eigenvalue weighted by Gasteiger charge is -2.12. The molecule has 6 aromatic rings. The van der Waals surface area contributed by atoms with Gasteiger partial charge < -0.3 is 5.32 Å². The Morgan fingerprint density at radius 3 is 2.44 bits per heavy atom. The summed E-state index contributed by atoms with van der Waals surface area (Å²) in [7, 11) is 0. The number of fused-ring (bicyclic) bond motifs is 1. The van der Waals surface area contributed by atoms with Crippen molar-refractivity contribution in [3.63, 3.8) is 0 Å². The van der Waals surface area contributed by atoms with Gasteiger partial charge in [-0.1, -0.05) is 53.2 Å². The molecule has 1 amide bonds. The molecule has 0 aliphatic carbocycles. The number of hydrogen-bond donors (Lipinski definition) is 1. The molecule has 3 heterocycles. The normalized spacial score (nSPS) is 11.6. The first-order chi connectivity index (χ1) is 19.7. The van der Waals surface area contributed by atoms with E-state index in [1.54, 1.807) is 24.3 Å². The van der Waals surface area contributed by atoms with Crippen molar-refractivity contribution in [2.75, 3.05) is 5.32 Å². The quantitative estimate of drug-likeness (QED) is 0.207. The van der Waals surface area contributed by atoms with Crippen molar-refractivity contribution < 1.29 is 22.4 Å². The van der Waals surface area contributed by atoms with Gasteiger partial charge in [-0.05, 0) is 52.9 Å². The molecule has 1 N–H and O–H groups in total. The summed E-state index contributed by atoms with van der Waals surface area (Å²) in [6, 6.07) is 19.1. The van der Waals surface area contributed by atoms with Gasteiger partial charge in [0.2, 0.25) is 0 Å². The molecule has 3 aromatic carbocycles. The van der Waals surface area contributed by atoms with Crippen LogP contribution in [0.1, 0.15) is 16.2 Å². The van der Waals surface area contributed by atoms with Crippen molar-refractivity contribution in [3.8, 4) is 28.1 Å². The van der Waals surface area contributed by atoms with E-state index in [0.29, 0.717) is 4.68 Å². The van der Waals surface area contributed by atoms with Crippen LogP contribution in [0.25, 0.3) is 38.3 Å². The number of nitrogens with zero attached hydrogens (tertiary/aromatic N) is 5. The molecule has 0 aliphatic heterocycles. The van der Waals surface area contributed by atoms with Crippen molar-refractivity contribution in [1.82, 2.24) is 25.0 Å². The zero-order chi connectivity index (χ0) is 28.7. The molecule has 204 valence electrons. The van der Waals surface area contributed by atoms with Crippen LogP contribution in [-0.2, 0) is 6.18 Å². The summed E-state index contributed by atoms with van der Waals surface area (Å²) in [6.45, 7) is 0. The molecule has 0 aliphatic rings. The highest BCUT2D eigenvalue weighted by Crippen LogP contribution is 2.37. The first-order valence-electron chi connectivity index (χ1n) is 11.9. The maximum Gasteiger partial charge on any atom is 0.435 e. The summed E-state index contributed by atoms with van der Waals surface area (Å²) in [5.74, 6) is -1.93. The van der Waals surface area contributed by atoms with E-state index in [4.69, 9.17) is 11.6 Å². The zero-order valence-corrected chi connectivity index (χ0v) is 22.1. The molecule has 0 unspecified atom stereocenters. The maximum atomic E-state index is 14.0. The monoisotopic (exact) mass is 594 g/mol. The van der Waals surface area contributed by atoms with E-state index < -0.39 is 34.3 Å². The zero-order valence-electron chi connectivity index (χ0n) is 20.5. The summed E-state index contributed by atoms with van der Waals surface area (Å²) >= 11 is 7.26. The highest BCUT2D eigenvalue weighted by atomic mass is 35.5. The Kier molecular flexibility index (Phi) is 6.72. The molecule has 0 radical (unpaired) electrons. The number of benzene rings is 3. The van der Waals surface area contributed by atoms with Crippen LogP contribution >= 0.6 is 22.9 Å². The number of halogens is 5. The van der Waals surface area contributed by atoms with E-state index >= 15 is 0 Å². The molecule has 41 heavy (non-hydrogen) atoms. The van der Waals surface area contributed by atoms with E-state index in [-0.39, 0.29) is 11.4 Å². The van der Waals surface area contributed by atoms with Crippen LogP contribution in [0.15, 0.2) is 84.5 Å². The van der Waals surface area contributed by atoms with Crippen LogP contribution in [0.5, 0.6) is 0 Å². The minimum absolute atomic E-state index is 0.207. The van der Waals surface area contributed by atoms with Crippen molar-refractivity contribution in [1.29, 1.82) is 0 Å². The summed E-state index contributed by atoms with van der Waals surface area (Å²) < 4.78 is 56.9. The molecule has 0 fully saturated rings. The molecule has 13 heteroatoms. The fourth-order valence-electron chi connectivity index (χ4n) is 4.33. The number of alkyl halides is 3. The standard InChI is InChI=1S/C28H15ClF4N6OS/c29-20-13-17(9-10-21(20)30)39-26(28(31,32)33)24(37-38-39)27(40)36-16-7-5-15(6-8-16)18-3-1-2-4-19(18)23-25-22(11-12-41-25)34-14-35-23/h1-14H,(H,36,40). The smallest absolute Gasteiger partial charge is 0.321 e. The lowest BCUT2D eigenvalue weighted by Crippen LogP contribution is -2.21. The molecule has 0 saturated heterocycles. The lowest BCUT2D eigenvalue weighted by atomic mass is 9.97. The van der Waals surface area contributed by atoms with Crippen LogP contribution in [0.2, 0.25) is 5.02 Å². The first kappa shape index (κ1) is 26.5. The molecule has 6 rings (SSSR count). The number of amides is 1. The fraction of sp³-hybridized carbons (Fsp3) is 0.0357. The molecule has 7 nitrogen and oxygen atoms in total. The van der Waals surface area contributed by atoms with Gasteiger partial charge in [0.05, 0.1) is 26.6 Å². The van der Waals surface area contributed by atoms with Gasteiger partial charge in [0, 0.05) is 11.3 Å². The Labute approximate surface area is 238 Å². The first-order valence-corrected chi connectivity index (χ1v) is 13.1. The number of anilines is 1. The number of nitrogens with one attached hydrogen (secondary N) is 1. The number of carbonyl (C=O) groups excluding carboxylic acids is 1. The summed E-state index contributed by atoms with van der Waals surface area (Å²) in [5, 5.41) is 10.9. The minimum atomic E-state index is -5.00. The molecule has 0 spiro atoms. The average molecular weight is 595 g/mol. The molecule has 0 bridgehead atoms. The van der Waals surface area contributed by atoms with Gasteiger partial charge in [-0.15, -0.1) is 16.4 Å². The maximum absolute atomic E-state index is 14.0. The van der Waals surface area contributed by atoms with E-state index in [0.717, 1.165) is 50.8 Å². The van der Waals surface area contributed by atoms with Gasteiger partial charge in [0.25, 0.3) is 5.91 Å². The Hall–Kier alpha value is -4.68. The van der Waals surface area contributed by atoms with E-state index in [9.17, 15) is 22.4 Å². The third-order valence-corrected chi connectivity index (χ3v) is 7.38. The van der Waals surface area contributed by atoms with Crippen molar-refractivity contribution in [3.05, 3.63) is 107 Å². The van der Waals surface area contributed by atoms with E-state index in [1.165, 1.54) is 17.7 Å². The van der Waals surface area contributed by atoms with Crippen LogP contribution in [-0.4, -0.2) is 30.9 Å². The Morgan fingerprint density at radius 1 is 0.951 bits per heavy atom. The molecule has 0 saturated carbocycles. The van der Waals surface area contributed by atoms with Crippen LogP contribution in [0.3, 0.4) is 0 Å². The molecule has 0 atom stereocenters. The summed E-state index contributed by atoms with van der Waals surface area (Å²) in [4.78, 5) is 21.7. The largest absolute Gasteiger partial charge is 0.435 e. The second-order valence-corrected chi connectivity index (χ2v) is 10.1.